The SMILES string of the molecule is COc1ccc2c(c1)O/C(=C\c1ccc(OC(=O)c3cc(OC)c(OC)c(OC)c3)c(OC)c1)C2=O. The van der Waals surface area contributed by atoms with Crippen molar-refractivity contribution < 1.29 is 42.7 Å². The summed E-state index contributed by atoms with van der Waals surface area (Å²) in [5.74, 6) is 1.73. The maximum Gasteiger partial charge on any atom is 0.343 e. The quantitative estimate of drug-likeness (QED) is 0.254. The van der Waals surface area contributed by atoms with Gasteiger partial charge in [0.15, 0.2) is 28.8 Å². The Morgan fingerprint density at radius 2 is 1.44 bits per heavy atom. The van der Waals surface area contributed by atoms with Crippen LogP contribution in [0.25, 0.3) is 6.08 Å². The summed E-state index contributed by atoms with van der Waals surface area (Å²) in [6.07, 6.45) is 1.59. The lowest BCUT2D eigenvalue weighted by atomic mass is 10.1. The van der Waals surface area contributed by atoms with Gasteiger partial charge in [-0.2, -0.15) is 0 Å². The predicted molar refractivity (Wildman–Crippen MR) is 130 cm³/mol. The number of allylic oxidation sites excluding steroid dienone is 1. The highest BCUT2D eigenvalue weighted by atomic mass is 16.6. The molecule has 9 nitrogen and oxygen atoms in total. The molecule has 4 rings (SSSR count). The van der Waals surface area contributed by atoms with E-state index in [-0.39, 0.29) is 28.6 Å². The number of fused-ring (bicyclic) bond motifs is 1. The van der Waals surface area contributed by atoms with Crippen LogP contribution < -0.4 is 33.2 Å². The summed E-state index contributed by atoms with van der Waals surface area (Å²) in [6.45, 7) is 0. The van der Waals surface area contributed by atoms with E-state index in [1.165, 1.54) is 47.7 Å². The zero-order chi connectivity index (χ0) is 25.8. The molecule has 0 saturated carbocycles. The number of carbonyl (C=O) groups excluding carboxylic acids is 2. The second-order valence-electron chi connectivity index (χ2n) is 7.52. The molecule has 186 valence electrons. The number of ether oxygens (including phenoxy) is 7. The van der Waals surface area contributed by atoms with Crippen molar-refractivity contribution in [3.05, 3.63) is 71.0 Å². The summed E-state index contributed by atoms with van der Waals surface area (Å²) >= 11 is 0. The van der Waals surface area contributed by atoms with Gasteiger partial charge in [0.2, 0.25) is 11.5 Å². The normalized spacial score (nSPS) is 13.0. The lowest BCUT2D eigenvalue weighted by Crippen LogP contribution is -2.10. The Kier molecular flexibility index (Phi) is 7.00. The number of methoxy groups -OCH3 is 5. The topological polar surface area (TPSA) is 98.8 Å². The molecule has 36 heavy (non-hydrogen) atoms. The van der Waals surface area contributed by atoms with Crippen LogP contribution >= 0.6 is 0 Å². The minimum Gasteiger partial charge on any atom is -0.497 e. The fourth-order valence-corrected chi connectivity index (χ4v) is 3.66. The zero-order valence-electron chi connectivity index (χ0n) is 20.4. The third-order valence-corrected chi connectivity index (χ3v) is 5.47. The van der Waals surface area contributed by atoms with E-state index in [9.17, 15) is 9.59 Å². The van der Waals surface area contributed by atoms with Crippen molar-refractivity contribution in [3.8, 4) is 40.2 Å². The van der Waals surface area contributed by atoms with Crippen LogP contribution in [0, 0.1) is 0 Å². The Hall–Kier alpha value is -4.66. The van der Waals surface area contributed by atoms with Crippen LogP contribution in [0.4, 0.5) is 0 Å². The zero-order valence-corrected chi connectivity index (χ0v) is 20.4. The first kappa shape index (κ1) is 24.5. The smallest absolute Gasteiger partial charge is 0.343 e. The fraction of sp³-hybridized carbons (Fsp3) is 0.185. The number of ketones is 1. The summed E-state index contributed by atoms with van der Waals surface area (Å²) in [7, 11) is 7.37. The molecule has 0 amide bonds. The number of esters is 1. The lowest BCUT2D eigenvalue weighted by molar-refractivity contribution is 0.0728. The third-order valence-electron chi connectivity index (χ3n) is 5.47. The Morgan fingerprint density at radius 3 is 2.06 bits per heavy atom. The number of rotatable bonds is 8. The highest BCUT2D eigenvalue weighted by Gasteiger charge is 2.28. The predicted octanol–water partition coefficient (Wildman–Crippen LogP) is 4.57. The van der Waals surface area contributed by atoms with E-state index in [0.717, 1.165) is 0 Å². The van der Waals surface area contributed by atoms with Gasteiger partial charge in [0.25, 0.3) is 0 Å². The maximum atomic E-state index is 12.9. The minimum absolute atomic E-state index is 0.155. The van der Waals surface area contributed by atoms with Crippen LogP contribution in [0.15, 0.2) is 54.3 Å². The Bertz CT molecular complexity index is 1330. The summed E-state index contributed by atoms with van der Waals surface area (Å²) in [5.41, 5.74) is 1.25. The van der Waals surface area contributed by atoms with Gasteiger partial charge in [-0.3, -0.25) is 4.79 Å². The van der Waals surface area contributed by atoms with E-state index in [0.29, 0.717) is 39.9 Å². The first-order valence-corrected chi connectivity index (χ1v) is 10.7. The number of carbonyl (C=O) groups is 2. The second kappa shape index (κ2) is 10.3. The van der Waals surface area contributed by atoms with Crippen molar-refractivity contribution in [2.24, 2.45) is 0 Å². The Labute approximate surface area is 207 Å². The van der Waals surface area contributed by atoms with E-state index in [4.69, 9.17) is 33.2 Å². The number of hydrogen-bond donors (Lipinski definition) is 0. The van der Waals surface area contributed by atoms with Crippen molar-refractivity contribution in [1.82, 2.24) is 0 Å². The first-order valence-electron chi connectivity index (χ1n) is 10.7. The molecule has 0 bridgehead atoms. The van der Waals surface area contributed by atoms with Crippen LogP contribution in [0.2, 0.25) is 0 Å². The first-order chi connectivity index (χ1) is 17.4. The van der Waals surface area contributed by atoms with Gasteiger partial charge < -0.3 is 33.2 Å². The van der Waals surface area contributed by atoms with Crippen LogP contribution in [0.1, 0.15) is 26.3 Å². The molecule has 0 aliphatic carbocycles. The van der Waals surface area contributed by atoms with Crippen LogP contribution in [0.5, 0.6) is 40.2 Å². The standard InChI is InChI=1S/C27H24O9/c1-30-17-7-8-18-20(14-17)35-22(25(18)28)11-15-6-9-19(21(10-15)31-2)36-27(29)16-12-23(32-3)26(34-5)24(13-16)33-4/h6-14H,1-5H3/b22-11-. The van der Waals surface area contributed by atoms with Gasteiger partial charge in [-0.05, 0) is 48.0 Å². The van der Waals surface area contributed by atoms with Gasteiger partial charge in [-0.15, -0.1) is 0 Å². The molecule has 0 unspecified atom stereocenters. The molecule has 1 aliphatic heterocycles. The summed E-state index contributed by atoms with van der Waals surface area (Å²) < 4.78 is 37.8. The molecular formula is C27H24O9. The maximum absolute atomic E-state index is 12.9. The lowest BCUT2D eigenvalue weighted by Gasteiger charge is -2.14. The largest absolute Gasteiger partial charge is 0.497 e. The van der Waals surface area contributed by atoms with Crippen molar-refractivity contribution in [2.45, 2.75) is 0 Å². The average Bonchev–Trinajstić information content (AvgIpc) is 3.22. The highest BCUT2D eigenvalue weighted by molar-refractivity contribution is 6.14. The number of hydrogen-bond acceptors (Lipinski definition) is 9. The van der Waals surface area contributed by atoms with Crippen molar-refractivity contribution in [2.75, 3.05) is 35.5 Å². The monoisotopic (exact) mass is 492 g/mol. The Balaban J connectivity index is 1.58. The van der Waals surface area contributed by atoms with Gasteiger partial charge in [0, 0.05) is 6.07 Å². The molecule has 3 aromatic carbocycles. The molecule has 3 aromatic rings. The van der Waals surface area contributed by atoms with E-state index in [1.807, 2.05) is 0 Å². The van der Waals surface area contributed by atoms with Crippen molar-refractivity contribution in [1.29, 1.82) is 0 Å². The molecular weight excluding hydrogens is 468 g/mol. The molecule has 0 aromatic heterocycles. The van der Waals surface area contributed by atoms with E-state index in [2.05, 4.69) is 0 Å². The van der Waals surface area contributed by atoms with E-state index in [1.54, 1.807) is 42.5 Å². The number of Topliss-reactive ketones (excluding diaryl/α,β-unsaturated/α-hetero) is 1. The molecule has 0 N–H and O–H groups in total. The number of benzene rings is 3. The summed E-state index contributed by atoms with van der Waals surface area (Å²) in [4.78, 5) is 25.6. The molecule has 0 fully saturated rings. The average molecular weight is 492 g/mol. The van der Waals surface area contributed by atoms with Crippen LogP contribution in [-0.4, -0.2) is 47.3 Å². The van der Waals surface area contributed by atoms with Gasteiger partial charge >= 0.3 is 5.97 Å². The molecule has 0 spiro atoms. The van der Waals surface area contributed by atoms with Gasteiger partial charge in [0.1, 0.15) is 11.5 Å². The molecule has 0 saturated heterocycles. The molecule has 1 aliphatic rings. The van der Waals surface area contributed by atoms with E-state index < -0.39 is 5.97 Å². The van der Waals surface area contributed by atoms with Crippen LogP contribution in [-0.2, 0) is 0 Å². The van der Waals surface area contributed by atoms with Gasteiger partial charge in [0.05, 0.1) is 46.7 Å². The van der Waals surface area contributed by atoms with Crippen molar-refractivity contribution >= 4 is 17.8 Å². The van der Waals surface area contributed by atoms with Crippen LogP contribution in [0.3, 0.4) is 0 Å². The molecule has 9 heteroatoms. The minimum atomic E-state index is -0.655. The summed E-state index contributed by atoms with van der Waals surface area (Å²) in [6, 6.07) is 12.9. The molecule has 0 radical (unpaired) electrons. The molecule has 0 atom stereocenters. The Morgan fingerprint density at radius 1 is 0.750 bits per heavy atom. The van der Waals surface area contributed by atoms with Gasteiger partial charge in [-0.1, -0.05) is 6.07 Å². The third kappa shape index (κ3) is 4.63. The highest BCUT2D eigenvalue weighted by Crippen LogP contribution is 2.39. The summed E-state index contributed by atoms with van der Waals surface area (Å²) in [5, 5.41) is 0. The fourth-order valence-electron chi connectivity index (χ4n) is 3.66. The van der Waals surface area contributed by atoms with E-state index >= 15 is 0 Å². The molecule has 1 heterocycles. The second-order valence-corrected chi connectivity index (χ2v) is 7.52. The van der Waals surface area contributed by atoms with Gasteiger partial charge in [-0.25, -0.2) is 4.79 Å². The van der Waals surface area contributed by atoms with Crippen molar-refractivity contribution in [3.63, 3.8) is 0 Å².